The predicted octanol–water partition coefficient (Wildman–Crippen LogP) is 2.66. The van der Waals surface area contributed by atoms with Crippen LogP contribution < -0.4 is 0 Å². The van der Waals surface area contributed by atoms with E-state index in [9.17, 15) is 9.18 Å². The first-order valence-corrected chi connectivity index (χ1v) is 5.81. The second-order valence-corrected chi connectivity index (χ2v) is 4.36. The van der Waals surface area contributed by atoms with Crippen LogP contribution in [0.3, 0.4) is 0 Å². The van der Waals surface area contributed by atoms with Crippen molar-refractivity contribution < 1.29 is 9.18 Å². The second kappa shape index (κ2) is 4.70. The first kappa shape index (κ1) is 11.8. The van der Waals surface area contributed by atoms with E-state index >= 15 is 0 Å². The number of carbonyl (C=O) groups excluding carboxylic acids is 1. The van der Waals surface area contributed by atoms with Gasteiger partial charge in [0.05, 0.1) is 0 Å². The number of hydrogen-bond acceptors (Lipinski definition) is 1. The standard InChI is InChI=1S/C14H16FNO/c1-2-13(17)16-10-8-14(15,9-11-16)12-6-4-3-5-7-12/h2-7H,1,8-11H2. The Morgan fingerprint density at radius 1 is 1.29 bits per heavy atom. The highest BCUT2D eigenvalue weighted by molar-refractivity contribution is 5.87. The summed E-state index contributed by atoms with van der Waals surface area (Å²) in [7, 11) is 0. The lowest BCUT2D eigenvalue weighted by molar-refractivity contribution is -0.128. The number of halogens is 1. The fourth-order valence-electron chi connectivity index (χ4n) is 2.24. The lowest BCUT2D eigenvalue weighted by Crippen LogP contribution is -2.42. The Kier molecular flexibility index (Phi) is 3.27. The summed E-state index contributed by atoms with van der Waals surface area (Å²) in [6, 6.07) is 9.19. The fraction of sp³-hybridized carbons (Fsp3) is 0.357. The Labute approximate surface area is 101 Å². The summed E-state index contributed by atoms with van der Waals surface area (Å²) in [4.78, 5) is 13.0. The normalized spacial score (nSPS) is 18.8. The molecule has 2 rings (SSSR count). The third-order valence-electron chi connectivity index (χ3n) is 3.33. The average molecular weight is 233 g/mol. The quantitative estimate of drug-likeness (QED) is 0.719. The summed E-state index contributed by atoms with van der Waals surface area (Å²) in [6.45, 7) is 4.35. The zero-order valence-corrected chi connectivity index (χ0v) is 9.73. The first-order valence-electron chi connectivity index (χ1n) is 5.81. The molecule has 0 unspecified atom stereocenters. The molecule has 0 N–H and O–H groups in total. The largest absolute Gasteiger partial charge is 0.339 e. The average Bonchev–Trinajstić information content (AvgIpc) is 2.40. The smallest absolute Gasteiger partial charge is 0.245 e. The Balaban J connectivity index is 2.08. The number of benzene rings is 1. The molecule has 0 aromatic heterocycles. The molecule has 1 amide bonds. The molecule has 1 saturated heterocycles. The summed E-state index contributed by atoms with van der Waals surface area (Å²) in [5.41, 5.74) is -0.579. The summed E-state index contributed by atoms with van der Waals surface area (Å²) in [5, 5.41) is 0. The minimum Gasteiger partial charge on any atom is -0.339 e. The molecule has 1 fully saturated rings. The van der Waals surface area contributed by atoms with Gasteiger partial charge in [-0.1, -0.05) is 36.9 Å². The van der Waals surface area contributed by atoms with Gasteiger partial charge in [-0.25, -0.2) is 4.39 Å². The van der Waals surface area contributed by atoms with Gasteiger partial charge < -0.3 is 4.90 Å². The van der Waals surface area contributed by atoms with Crippen molar-refractivity contribution in [3.05, 3.63) is 48.6 Å². The van der Waals surface area contributed by atoms with Gasteiger partial charge in [-0.2, -0.15) is 0 Å². The molecule has 0 spiro atoms. The lowest BCUT2D eigenvalue weighted by atomic mass is 9.86. The minimum absolute atomic E-state index is 0.111. The number of likely N-dealkylation sites (tertiary alicyclic amines) is 1. The molecule has 1 aliphatic heterocycles. The van der Waals surface area contributed by atoms with Gasteiger partial charge in [-0.3, -0.25) is 4.79 Å². The van der Waals surface area contributed by atoms with Crippen molar-refractivity contribution in [1.29, 1.82) is 0 Å². The molecule has 2 nitrogen and oxygen atoms in total. The van der Waals surface area contributed by atoms with E-state index in [-0.39, 0.29) is 5.91 Å². The highest BCUT2D eigenvalue weighted by atomic mass is 19.1. The molecule has 90 valence electrons. The monoisotopic (exact) mass is 233 g/mol. The highest BCUT2D eigenvalue weighted by Crippen LogP contribution is 2.36. The van der Waals surface area contributed by atoms with Crippen LogP contribution in [-0.2, 0) is 10.5 Å². The Morgan fingerprint density at radius 3 is 2.41 bits per heavy atom. The van der Waals surface area contributed by atoms with Gasteiger partial charge in [-0.15, -0.1) is 0 Å². The van der Waals surface area contributed by atoms with E-state index in [4.69, 9.17) is 0 Å². The number of alkyl halides is 1. The maximum atomic E-state index is 14.7. The van der Waals surface area contributed by atoms with Crippen LogP contribution in [-0.4, -0.2) is 23.9 Å². The number of hydrogen-bond donors (Lipinski definition) is 0. The molecule has 1 heterocycles. The molecule has 17 heavy (non-hydrogen) atoms. The Bertz CT molecular complexity index is 407. The van der Waals surface area contributed by atoms with Gasteiger partial charge in [-0.05, 0) is 11.6 Å². The summed E-state index contributed by atoms with van der Waals surface area (Å²) >= 11 is 0. The van der Waals surface area contributed by atoms with Crippen LogP contribution in [0.5, 0.6) is 0 Å². The molecular weight excluding hydrogens is 217 g/mol. The topological polar surface area (TPSA) is 20.3 Å². The molecule has 3 heteroatoms. The van der Waals surface area contributed by atoms with Crippen molar-refractivity contribution in [3.63, 3.8) is 0 Å². The minimum atomic E-state index is -1.29. The van der Waals surface area contributed by atoms with E-state index in [2.05, 4.69) is 6.58 Å². The zero-order valence-electron chi connectivity index (χ0n) is 9.73. The van der Waals surface area contributed by atoms with Gasteiger partial charge >= 0.3 is 0 Å². The van der Waals surface area contributed by atoms with Crippen LogP contribution in [0.4, 0.5) is 4.39 Å². The Morgan fingerprint density at radius 2 is 1.88 bits per heavy atom. The van der Waals surface area contributed by atoms with Crippen LogP contribution >= 0.6 is 0 Å². The number of carbonyl (C=O) groups is 1. The van der Waals surface area contributed by atoms with E-state index in [1.807, 2.05) is 30.3 Å². The van der Waals surface area contributed by atoms with Crippen molar-refractivity contribution in [1.82, 2.24) is 4.90 Å². The maximum Gasteiger partial charge on any atom is 0.245 e. The second-order valence-electron chi connectivity index (χ2n) is 4.36. The highest BCUT2D eigenvalue weighted by Gasteiger charge is 2.36. The molecule has 0 radical (unpaired) electrons. The Hall–Kier alpha value is -1.64. The SMILES string of the molecule is C=CC(=O)N1CCC(F)(c2ccccc2)CC1. The van der Waals surface area contributed by atoms with Crippen LogP contribution in [0, 0.1) is 0 Å². The molecule has 0 aliphatic carbocycles. The van der Waals surface area contributed by atoms with Gasteiger partial charge in [0.15, 0.2) is 0 Å². The van der Waals surface area contributed by atoms with Crippen LogP contribution in [0.2, 0.25) is 0 Å². The van der Waals surface area contributed by atoms with Crippen LogP contribution in [0.1, 0.15) is 18.4 Å². The first-order chi connectivity index (χ1) is 8.15. The predicted molar refractivity (Wildman–Crippen MR) is 65.2 cm³/mol. The molecule has 1 aromatic rings. The van der Waals surface area contributed by atoms with Crippen molar-refractivity contribution >= 4 is 5.91 Å². The lowest BCUT2D eigenvalue weighted by Gasteiger charge is -2.36. The van der Waals surface area contributed by atoms with Crippen molar-refractivity contribution in [2.75, 3.05) is 13.1 Å². The number of nitrogens with zero attached hydrogens (tertiary/aromatic N) is 1. The van der Waals surface area contributed by atoms with E-state index in [0.717, 1.165) is 0 Å². The van der Waals surface area contributed by atoms with Crippen molar-refractivity contribution in [3.8, 4) is 0 Å². The van der Waals surface area contributed by atoms with E-state index in [1.54, 1.807) is 4.90 Å². The number of amides is 1. The van der Waals surface area contributed by atoms with Crippen LogP contribution in [0.15, 0.2) is 43.0 Å². The number of piperidine rings is 1. The fourth-order valence-corrected chi connectivity index (χ4v) is 2.24. The molecule has 1 aliphatic rings. The molecular formula is C14H16FNO. The zero-order chi connectivity index (χ0) is 12.3. The molecule has 0 bridgehead atoms. The summed E-state index contributed by atoms with van der Waals surface area (Å²) in [6.07, 6.45) is 2.00. The van der Waals surface area contributed by atoms with Gasteiger partial charge in [0.2, 0.25) is 5.91 Å². The van der Waals surface area contributed by atoms with Crippen LogP contribution in [0.25, 0.3) is 0 Å². The molecule has 0 saturated carbocycles. The maximum absolute atomic E-state index is 14.7. The van der Waals surface area contributed by atoms with Crippen molar-refractivity contribution in [2.45, 2.75) is 18.5 Å². The van der Waals surface area contributed by atoms with E-state index in [0.29, 0.717) is 31.5 Å². The van der Waals surface area contributed by atoms with E-state index < -0.39 is 5.67 Å². The third-order valence-corrected chi connectivity index (χ3v) is 3.33. The third kappa shape index (κ3) is 2.38. The molecule has 0 atom stereocenters. The van der Waals surface area contributed by atoms with Crippen molar-refractivity contribution in [2.24, 2.45) is 0 Å². The van der Waals surface area contributed by atoms with Gasteiger partial charge in [0, 0.05) is 25.9 Å². The van der Waals surface area contributed by atoms with Gasteiger partial charge in [0.25, 0.3) is 0 Å². The number of rotatable bonds is 2. The molecule has 1 aromatic carbocycles. The summed E-state index contributed by atoms with van der Waals surface area (Å²) in [5.74, 6) is -0.111. The van der Waals surface area contributed by atoms with E-state index in [1.165, 1.54) is 6.08 Å². The van der Waals surface area contributed by atoms with Gasteiger partial charge in [0.1, 0.15) is 5.67 Å². The summed E-state index contributed by atoms with van der Waals surface area (Å²) < 4.78 is 14.7.